The van der Waals surface area contributed by atoms with Crippen molar-refractivity contribution in [3.63, 3.8) is 0 Å². The number of rotatable bonds is 5. The van der Waals surface area contributed by atoms with E-state index in [1.54, 1.807) is 0 Å². The van der Waals surface area contributed by atoms with Gasteiger partial charge in [0.05, 0.1) is 0 Å². The SMILES string of the molecule is CCCCNc1cc(-c2nnco2)ccc1C. The van der Waals surface area contributed by atoms with Crippen LogP contribution < -0.4 is 5.32 Å². The third-order valence-corrected chi connectivity index (χ3v) is 2.69. The van der Waals surface area contributed by atoms with E-state index in [1.165, 1.54) is 24.8 Å². The Morgan fingerprint density at radius 2 is 2.24 bits per heavy atom. The van der Waals surface area contributed by atoms with Crippen molar-refractivity contribution in [1.82, 2.24) is 10.2 Å². The van der Waals surface area contributed by atoms with Gasteiger partial charge in [0.25, 0.3) is 0 Å². The lowest BCUT2D eigenvalue weighted by molar-refractivity contribution is 0.568. The summed E-state index contributed by atoms with van der Waals surface area (Å²) in [6, 6.07) is 6.11. The zero-order valence-corrected chi connectivity index (χ0v) is 10.2. The molecular weight excluding hydrogens is 214 g/mol. The number of hydrogen-bond acceptors (Lipinski definition) is 4. The van der Waals surface area contributed by atoms with Gasteiger partial charge in [0.2, 0.25) is 12.3 Å². The summed E-state index contributed by atoms with van der Waals surface area (Å²) in [7, 11) is 0. The van der Waals surface area contributed by atoms with Crippen molar-refractivity contribution in [3.8, 4) is 11.5 Å². The average Bonchev–Trinajstić information content (AvgIpc) is 2.85. The van der Waals surface area contributed by atoms with Crippen molar-refractivity contribution in [2.45, 2.75) is 26.7 Å². The van der Waals surface area contributed by atoms with Gasteiger partial charge in [0, 0.05) is 17.8 Å². The maximum atomic E-state index is 5.19. The standard InChI is InChI=1S/C13H17N3O/c1-3-4-7-14-12-8-11(6-5-10(12)2)13-16-15-9-17-13/h5-6,8-9,14H,3-4,7H2,1-2H3. The fourth-order valence-corrected chi connectivity index (χ4v) is 1.64. The topological polar surface area (TPSA) is 51.0 Å². The summed E-state index contributed by atoms with van der Waals surface area (Å²) in [6.45, 7) is 5.26. The molecule has 0 atom stereocenters. The first-order valence-electron chi connectivity index (χ1n) is 5.92. The molecule has 0 bridgehead atoms. The van der Waals surface area contributed by atoms with Crippen molar-refractivity contribution in [2.24, 2.45) is 0 Å². The number of unbranched alkanes of at least 4 members (excludes halogenated alkanes) is 1. The molecule has 0 aliphatic carbocycles. The van der Waals surface area contributed by atoms with Crippen LogP contribution in [0.25, 0.3) is 11.5 Å². The molecule has 0 radical (unpaired) electrons. The molecule has 1 N–H and O–H groups in total. The molecule has 4 nitrogen and oxygen atoms in total. The second-order valence-electron chi connectivity index (χ2n) is 4.05. The van der Waals surface area contributed by atoms with Gasteiger partial charge in [-0.15, -0.1) is 10.2 Å². The van der Waals surface area contributed by atoms with Crippen LogP contribution in [0.3, 0.4) is 0 Å². The monoisotopic (exact) mass is 231 g/mol. The summed E-state index contributed by atoms with van der Waals surface area (Å²) in [5.74, 6) is 0.559. The van der Waals surface area contributed by atoms with Gasteiger partial charge < -0.3 is 9.73 Å². The quantitative estimate of drug-likeness (QED) is 0.802. The van der Waals surface area contributed by atoms with E-state index in [1.807, 2.05) is 6.07 Å². The lowest BCUT2D eigenvalue weighted by Gasteiger charge is -2.09. The zero-order valence-electron chi connectivity index (χ0n) is 10.2. The van der Waals surface area contributed by atoms with Crippen LogP contribution in [0.2, 0.25) is 0 Å². The highest BCUT2D eigenvalue weighted by Crippen LogP contribution is 2.23. The summed E-state index contributed by atoms with van der Waals surface area (Å²) >= 11 is 0. The van der Waals surface area contributed by atoms with E-state index >= 15 is 0 Å². The van der Waals surface area contributed by atoms with Gasteiger partial charge in [-0.3, -0.25) is 0 Å². The Labute approximate surface area is 101 Å². The predicted octanol–water partition coefficient (Wildman–Crippen LogP) is 3.26. The Balaban J connectivity index is 2.18. The smallest absolute Gasteiger partial charge is 0.247 e. The molecule has 1 aromatic heterocycles. The van der Waals surface area contributed by atoms with Crippen molar-refractivity contribution >= 4 is 5.69 Å². The van der Waals surface area contributed by atoms with Gasteiger partial charge in [-0.05, 0) is 31.0 Å². The van der Waals surface area contributed by atoms with E-state index in [0.29, 0.717) is 5.89 Å². The number of nitrogens with one attached hydrogen (secondary N) is 1. The maximum Gasteiger partial charge on any atom is 0.247 e. The van der Waals surface area contributed by atoms with Gasteiger partial charge in [0.1, 0.15) is 0 Å². The molecule has 90 valence electrons. The number of hydrogen-bond donors (Lipinski definition) is 1. The zero-order chi connectivity index (χ0) is 12.1. The molecule has 0 aliphatic heterocycles. The summed E-state index contributed by atoms with van der Waals surface area (Å²) in [5, 5.41) is 11.0. The second kappa shape index (κ2) is 5.48. The van der Waals surface area contributed by atoms with Crippen LogP contribution in [0.15, 0.2) is 29.0 Å². The first-order valence-corrected chi connectivity index (χ1v) is 5.92. The summed E-state index contributed by atoms with van der Waals surface area (Å²) in [6.07, 6.45) is 3.71. The number of nitrogens with zero attached hydrogens (tertiary/aromatic N) is 2. The van der Waals surface area contributed by atoms with Crippen LogP contribution >= 0.6 is 0 Å². The molecular formula is C13H17N3O. The highest BCUT2D eigenvalue weighted by atomic mass is 16.4. The lowest BCUT2D eigenvalue weighted by Crippen LogP contribution is -2.02. The Bertz CT molecular complexity index is 466. The molecule has 0 saturated heterocycles. The second-order valence-corrected chi connectivity index (χ2v) is 4.05. The van der Waals surface area contributed by atoms with Crippen molar-refractivity contribution in [2.75, 3.05) is 11.9 Å². The molecule has 2 rings (SSSR count). The summed E-state index contributed by atoms with van der Waals surface area (Å²) < 4.78 is 5.19. The van der Waals surface area contributed by atoms with Crippen LogP contribution in [0.1, 0.15) is 25.3 Å². The molecule has 17 heavy (non-hydrogen) atoms. The molecule has 0 saturated carbocycles. The molecule has 1 aromatic carbocycles. The van der Waals surface area contributed by atoms with Crippen molar-refractivity contribution in [3.05, 3.63) is 30.2 Å². The molecule has 0 amide bonds. The van der Waals surface area contributed by atoms with Crippen LogP contribution in [0.5, 0.6) is 0 Å². The van der Waals surface area contributed by atoms with E-state index in [4.69, 9.17) is 4.42 Å². The van der Waals surface area contributed by atoms with Crippen LogP contribution in [-0.4, -0.2) is 16.7 Å². The first kappa shape index (κ1) is 11.6. The predicted molar refractivity (Wildman–Crippen MR) is 67.9 cm³/mol. The first-order chi connectivity index (χ1) is 8.31. The maximum absolute atomic E-state index is 5.19. The third kappa shape index (κ3) is 2.84. The number of anilines is 1. The van der Waals surface area contributed by atoms with E-state index in [0.717, 1.165) is 17.8 Å². The van der Waals surface area contributed by atoms with E-state index < -0.39 is 0 Å². The fourth-order valence-electron chi connectivity index (χ4n) is 1.64. The van der Waals surface area contributed by atoms with E-state index in [2.05, 4.69) is 41.5 Å². The van der Waals surface area contributed by atoms with E-state index in [9.17, 15) is 0 Å². The minimum Gasteiger partial charge on any atom is -0.423 e. The number of aromatic nitrogens is 2. The molecule has 0 aliphatic rings. The van der Waals surface area contributed by atoms with Crippen LogP contribution in [-0.2, 0) is 0 Å². The molecule has 1 heterocycles. The molecule has 4 heteroatoms. The highest BCUT2D eigenvalue weighted by molar-refractivity contribution is 5.64. The van der Waals surface area contributed by atoms with Crippen molar-refractivity contribution < 1.29 is 4.42 Å². The largest absolute Gasteiger partial charge is 0.423 e. The van der Waals surface area contributed by atoms with E-state index in [-0.39, 0.29) is 0 Å². The van der Waals surface area contributed by atoms with Gasteiger partial charge in [-0.2, -0.15) is 0 Å². The Hall–Kier alpha value is -1.84. The normalized spacial score (nSPS) is 10.5. The number of benzene rings is 1. The highest BCUT2D eigenvalue weighted by Gasteiger charge is 2.06. The van der Waals surface area contributed by atoms with Crippen molar-refractivity contribution in [1.29, 1.82) is 0 Å². The Kier molecular flexibility index (Phi) is 3.75. The average molecular weight is 231 g/mol. The molecule has 2 aromatic rings. The minimum atomic E-state index is 0.559. The lowest BCUT2D eigenvalue weighted by atomic mass is 10.1. The van der Waals surface area contributed by atoms with Crippen LogP contribution in [0, 0.1) is 6.92 Å². The number of aryl methyl sites for hydroxylation is 1. The van der Waals surface area contributed by atoms with Gasteiger partial charge >= 0.3 is 0 Å². The van der Waals surface area contributed by atoms with Gasteiger partial charge in [0.15, 0.2) is 0 Å². The van der Waals surface area contributed by atoms with Crippen LogP contribution in [0.4, 0.5) is 5.69 Å². The molecule has 0 unspecified atom stereocenters. The summed E-state index contributed by atoms with van der Waals surface area (Å²) in [4.78, 5) is 0. The molecule has 0 fully saturated rings. The Morgan fingerprint density at radius 3 is 2.94 bits per heavy atom. The minimum absolute atomic E-state index is 0.559. The fraction of sp³-hybridized carbons (Fsp3) is 0.385. The van der Waals surface area contributed by atoms with Gasteiger partial charge in [-0.1, -0.05) is 19.4 Å². The summed E-state index contributed by atoms with van der Waals surface area (Å²) in [5.41, 5.74) is 3.31. The molecule has 0 spiro atoms. The van der Waals surface area contributed by atoms with Gasteiger partial charge in [-0.25, -0.2) is 0 Å². The Morgan fingerprint density at radius 1 is 1.35 bits per heavy atom. The third-order valence-electron chi connectivity index (χ3n) is 2.69.